The summed E-state index contributed by atoms with van der Waals surface area (Å²) in [4.78, 5) is 3.94. The lowest BCUT2D eigenvalue weighted by Crippen LogP contribution is -1.76. The van der Waals surface area contributed by atoms with Crippen molar-refractivity contribution in [2.75, 3.05) is 7.05 Å². The number of hydrogen-bond donors (Lipinski definition) is 0. The molecule has 0 saturated heterocycles. The first-order valence-electron chi connectivity index (χ1n) is 4.97. The fraction of sp³-hybridized carbons (Fsp3) is 0.727. The van der Waals surface area contributed by atoms with Crippen molar-refractivity contribution in [3.05, 3.63) is 12.2 Å². The van der Waals surface area contributed by atoms with Gasteiger partial charge in [0, 0.05) is 7.05 Å². The Hall–Kier alpha value is -0.590. The summed E-state index contributed by atoms with van der Waals surface area (Å²) in [7, 11) is 1.83. The van der Waals surface area contributed by atoms with Crippen LogP contribution in [0.2, 0.25) is 0 Å². The van der Waals surface area contributed by atoms with Gasteiger partial charge in [-0.05, 0) is 38.3 Å². The first kappa shape index (κ1) is 11.4. The van der Waals surface area contributed by atoms with Gasteiger partial charge >= 0.3 is 0 Å². The molecular formula is C11H21N. The number of unbranched alkanes of at least 4 members (excludes halogenated alkanes) is 4. The molecule has 0 rings (SSSR count). The summed E-state index contributed by atoms with van der Waals surface area (Å²) in [5, 5.41) is 0. The number of aliphatic imine (C=N–C) groups is 1. The standard InChI is InChI=1S/C11H21N/c1-3-4-5-6-7-8-9-10-11-12-2/h5-6,11H,3-4,7-10H2,1-2H3/b6-5-,12-11?. The highest BCUT2D eigenvalue weighted by atomic mass is 14.6. The van der Waals surface area contributed by atoms with Crippen LogP contribution >= 0.6 is 0 Å². The zero-order valence-corrected chi connectivity index (χ0v) is 8.42. The molecule has 1 heteroatoms. The van der Waals surface area contributed by atoms with Crippen LogP contribution in [-0.2, 0) is 0 Å². The number of nitrogens with zero attached hydrogens (tertiary/aromatic N) is 1. The Morgan fingerprint density at radius 2 is 1.67 bits per heavy atom. The maximum Gasteiger partial charge on any atom is 0.0273 e. The molecule has 70 valence electrons. The Bertz CT molecular complexity index is 125. The smallest absolute Gasteiger partial charge is 0.0273 e. The van der Waals surface area contributed by atoms with E-state index in [2.05, 4.69) is 24.1 Å². The van der Waals surface area contributed by atoms with Crippen LogP contribution in [0.1, 0.15) is 45.4 Å². The maximum atomic E-state index is 3.94. The largest absolute Gasteiger partial charge is 0.301 e. The third-order valence-corrected chi connectivity index (χ3v) is 1.76. The molecule has 1 nitrogen and oxygen atoms in total. The van der Waals surface area contributed by atoms with Gasteiger partial charge in [0.05, 0.1) is 0 Å². The van der Waals surface area contributed by atoms with Gasteiger partial charge in [-0.2, -0.15) is 0 Å². The molecule has 0 saturated carbocycles. The molecule has 12 heavy (non-hydrogen) atoms. The first-order chi connectivity index (χ1) is 5.91. The molecular weight excluding hydrogens is 146 g/mol. The summed E-state index contributed by atoms with van der Waals surface area (Å²) in [5.41, 5.74) is 0. The van der Waals surface area contributed by atoms with Crippen molar-refractivity contribution >= 4 is 6.21 Å². The predicted octanol–water partition coefficient (Wildman–Crippen LogP) is 3.60. The van der Waals surface area contributed by atoms with Crippen molar-refractivity contribution in [2.45, 2.75) is 45.4 Å². The van der Waals surface area contributed by atoms with Crippen LogP contribution in [0.15, 0.2) is 17.1 Å². The van der Waals surface area contributed by atoms with E-state index in [4.69, 9.17) is 0 Å². The third-order valence-electron chi connectivity index (χ3n) is 1.76. The molecule has 0 aliphatic carbocycles. The SMILES string of the molecule is CCC/C=C\CCCCC=NC. The second-order valence-corrected chi connectivity index (χ2v) is 2.99. The zero-order chi connectivity index (χ0) is 9.07. The van der Waals surface area contributed by atoms with Crippen LogP contribution in [-0.4, -0.2) is 13.3 Å². The molecule has 0 aliphatic rings. The number of hydrogen-bond acceptors (Lipinski definition) is 1. The Kier molecular flexibility index (Phi) is 9.90. The van der Waals surface area contributed by atoms with E-state index >= 15 is 0 Å². The molecule has 0 spiro atoms. The molecule has 0 aliphatic heterocycles. The predicted molar refractivity (Wildman–Crippen MR) is 56.9 cm³/mol. The summed E-state index contributed by atoms with van der Waals surface area (Å²) < 4.78 is 0. The lowest BCUT2D eigenvalue weighted by Gasteiger charge is -1.91. The van der Waals surface area contributed by atoms with Gasteiger partial charge in [0.25, 0.3) is 0 Å². The van der Waals surface area contributed by atoms with E-state index in [-0.39, 0.29) is 0 Å². The van der Waals surface area contributed by atoms with E-state index < -0.39 is 0 Å². The van der Waals surface area contributed by atoms with E-state index in [1.807, 2.05) is 13.3 Å². The molecule has 0 atom stereocenters. The number of rotatable bonds is 7. The molecule has 0 aromatic rings. The average Bonchev–Trinajstić information content (AvgIpc) is 2.10. The van der Waals surface area contributed by atoms with Gasteiger partial charge in [0.2, 0.25) is 0 Å². The molecule has 0 unspecified atom stereocenters. The lowest BCUT2D eigenvalue weighted by molar-refractivity contribution is 0.779. The molecule has 0 radical (unpaired) electrons. The van der Waals surface area contributed by atoms with Crippen LogP contribution in [0, 0.1) is 0 Å². The van der Waals surface area contributed by atoms with Crippen molar-refractivity contribution in [3.63, 3.8) is 0 Å². The fourth-order valence-corrected chi connectivity index (χ4v) is 1.03. The van der Waals surface area contributed by atoms with Gasteiger partial charge in [-0.3, -0.25) is 0 Å². The molecule has 0 aromatic carbocycles. The van der Waals surface area contributed by atoms with Crippen molar-refractivity contribution < 1.29 is 0 Å². The number of allylic oxidation sites excluding steroid dienone is 2. The second kappa shape index (κ2) is 10.4. The van der Waals surface area contributed by atoms with E-state index in [0.29, 0.717) is 0 Å². The molecule has 0 heterocycles. The van der Waals surface area contributed by atoms with Gasteiger partial charge in [0.1, 0.15) is 0 Å². The highest BCUT2D eigenvalue weighted by Crippen LogP contribution is 2.00. The van der Waals surface area contributed by atoms with Crippen molar-refractivity contribution in [1.29, 1.82) is 0 Å². The summed E-state index contributed by atoms with van der Waals surface area (Å²) in [5.74, 6) is 0. The monoisotopic (exact) mass is 167 g/mol. The quantitative estimate of drug-likeness (QED) is 0.312. The van der Waals surface area contributed by atoms with E-state index in [0.717, 1.165) is 6.42 Å². The Labute approximate surface area is 76.6 Å². The van der Waals surface area contributed by atoms with Crippen molar-refractivity contribution in [3.8, 4) is 0 Å². The van der Waals surface area contributed by atoms with Gasteiger partial charge in [-0.15, -0.1) is 0 Å². The average molecular weight is 167 g/mol. The summed E-state index contributed by atoms with van der Waals surface area (Å²) >= 11 is 0. The molecule has 0 bridgehead atoms. The van der Waals surface area contributed by atoms with Gasteiger partial charge in [0.15, 0.2) is 0 Å². The highest BCUT2D eigenvalue weighted by molar-refractivity contribution is 5.56. The summed E-state index contributed by atoms with van der Waals surface area (Å²) in [6.45, 7) is 2.21. The van der Waals surface area contributed by atoms with E-state index in [1.165, 1.54) is 32.1 Å². The highest BCUT2D eigenvalue weighted by Gasteiger charge is 1.82. The summed E-state index contributed by atoms with van der Waals surface area (Å²) in [6, 6.07) is 0. The molecule has 0 N–H and O–H groups in total. The van der Waals surface area contributed by atoms with Crippen LogP contribution in [0.3, 0.4) is 0 Å². The van der Waals surface area contributed by atoms with Gasteiger partial charge < -0.3 is 4.99 Å². The Morgan fingerprint density at radius 1 is 1.00 bits per heavy atom. The van der Waals surface area contributed by atoms with E-state index in [1.54, 1.807) is 0 Å². The Balaban J connectivity index is 2.99. The summed E-state index contributed by atoms with van der Waals surface area (Å²) in [6.07, 6.45) is 14.0. The zero-order valence-electron chi connectivity index (χ0n) is 8.42. The van der Waals surface area contributed by atoms with Crippen LogP contribution < -0.4 is 0 Å². The molecule has 0 aromatic heterocycles. The minimum atomic E-state index is 1.14. The van der Waals surface area contributed by atoms with Crippen LogP contribution in [0.25, 0.3) is 0 Å². The lowest BCUT2D eigenvalue weighted by atomic mass is 10.2. The second-order valence-electron chi connectivity index (χ2n) is 2.99. The van der Waals surface area contributed by atoms with Gasteiger partial charge in [-0.1, -0.05) is 25.5 Å². The minimum Gasteiger partial charge on any atom is -0.301 e. The third kappa shape index (κ3) is 9.41. The van der Waals surface area contributed by atoms with Crippen LogP contribution in [0.5, 0.6) is 0 Å². The topological polar surface area (TPSA) is 12.4 Å². The molecule has 0 amide bonds. The van der Waals surface area contributed by atoms with Crippen molar-refractivity contribution in [1.82, 2.24) is 0 Å². The maximum absolute atomic E-state index is 3.94. The normalized spacial score (nSPS) is 11.8. The van der Waals surface area contributed by atoms with E-state index in [9.17, 15) is 0 Å². The first-order valence-corrected chi connectivity index (χ1v) is 4.97. The van der Waals surface area contributed by atoms with Crippen LogP contribution in [0.4, 0.5) is 0 Å². The molecule has 0 fully saturated rings. The van der Waals surface area contributed by atoms with Crippen molar-refractivity contribution in [2.24, 2.45) is 4.99 Å². The van der Waals surface area contributed by atoms with Gasteiger partial charge in [-0.25, -0.2) is 0 Å². The fourth-order valence-electron chi connectivity index (χ4n) is 1.03. The minimum absolute atomic E-state index is 1.14. The Morgan fingerprint density at radius 3 is 2.33 bits per heavy atom.